The van der Waals surface area contributed by atoms with Crippen LogP contribution in [0.15, 0.2) is 12.2 Å². The number of hydrogen-bond donors (Lipinski definition) is 0. The van der Waals surface area contributed by atoms with Gasteiger partial charge in [-0.1, -0.05) is 22.5 Å². The maximum atomic E-state index is 13.7. The Balaban J connectivity index is 2.44. The summed E-state index contributed by atoms with van der Waals surface area (Å²) in [5.41, 5.74) is -6.26. The standard InChI is InChI=1S/C17H19BrF6O4/c1-9(7-18)13(26)27-12-5-11-3-4-14(12,6-11)8-15(16(19,20)21,17(22,23)24)28-10(2)25/h11-12H,1,3-8H2,2H3. The van der Waals surface area contributed by atoms with Crippen LogP contribution < -0.4 is 0 Å². The minimum atomic E-state index is -5.89. The Morgan fingerprint density at radius 2 is 1.75 bits per heavy atom. The van der Waals surface area contributed by atoms with Gasteiger partial charge in [-0.05, 0) is 31.6 Å². The zero-order chi connectivity index (χ0) is 21.5. The van der Waals surface area contributed by atoms with Crippen LogP contribution in [-0.4, -0.2) is 41.3 Å². The molecule has 0 radical (unpaired) electrons. The van der Waals surface area contributed by atoms with Crippen molar-refractivity contribution in [3.63, 3.8) is 0 Å². The molecule has 11 heteroatoms. The summed E-state index contributed by atoms with van der Waals surface area (Å²) in [6.45, 7) is 3.94. The fourth-order valence-corrected chi connectivity index (χ4v) is 4.51. The van der Waals surface area contributed by atoms with E-state index >= 15 is 0 Å². The van der Waals surface area contributed by atoms with Gasteiger partial charge < -0.3 is 9.47 Å². The van der Waals surface area contributed by atoms with Gasteiger partial charge in [0.1, 0.15) is 6.10 Å². The Labute approximate surface area is 165 Å². The normalized spacial score (nSPS) is 27.6. The third kappa shape index (κ3) is 4.04. The van der Waals surface area contributed by atoms with Crippen LogP contribution in [0.3, 0.4) is 0 Å². The summed E-state index contributed by atoms with van der Waals surface area (Å²) in [4.78, 5) is 23.2. The van der Waals surface area contributed by atoms with E-state index in [1.165, 1.54) is 0 Å². The molecule has 0 aromatic rings. The highest BCUT2D eigenvalue weighted by molar-refractivity contribution is 9.09. The molecule has 0 N–H and O–H groups in total. The van der Waals surface area contributed by atoms with Gasteiger partial charge in [0, 0.05) is 29.7 Å². The molecule has 0 heterocycles. The number of fused-ring (bicyclic) bond motifs is 2. The Bertz CT molecular complexity index is 645. The monoisotopic (exact) mass is 480 g/mol. The van der Waals surface area contributed by atoms with Gasteiger partial charge in [0.05, 0.1) is 0 Å². The molecule has 0 aliphatic heterocycles. The number of rotatable bonds is 6. The topological polar surface area (TPSA) is 52.6 Å². The van der Waals surface area contributed by atoms with Gasteiger partial charge in [0.25, 0.3) is 0 Å². The van der Waals surface area contributed by atoms with Crippen molar-refractivity contribution in [3.8, 4) is 0 Å². The van der Waals surface area contributed by atoms with E-state index in [0.717, 1.165) is 0 Å². The fraction of sp³-hybridized carbons (Fsp3) is 0.765. The van der Waals surface area contributed by atoms with Crippen LogP contribution in [0.2, 0.25) is 0 Å². The fourth-order valence-electron chi connectivity index (χ4n) is 4.29. The zero-order valence-corrected chi connectivity index (χ0v) is 16.5. The average molecular weight is 481 g/mol. The summed E-state index contributed by atoms with van der Waals surface area (Å²) < 4.78 is 91.1. The summed E-state index contributed by atoms with van der Waals surface area (Å²) in [5.74, 6) is -2.74. The van der Waals surface area contributed by atoms with Crippen LogP contribution in [0.4, 0.5) is 26.3 Å². The second kappa shape index (κ2) is 7.53. The van der Waals surface area contributed by atoms with Crippen molar-refractivity contribution in [2.75, 3.05) is 5.33 Å². The Morgan fingerprint density at radius 1 is 1.18 bits per heavy atom. The van der Waals surface area contributed by atoms with Crippen LogP contribution >= 0.6 is 15.9 Å². The molecule has 3 atom stereocenters. The van der Waals surface area contributed by atoms with Crippen molar-refractivity contribution in [1.29, 1.82) is 0 Å². The average Bonchev–Trinajstić information content (AvgIpc) is 3.08. The number of carbonyl (C=O) groups is 2. The number of carbonyl (C=O) groups excluding carboxylic acids is 2. The van der Waals surface area contributed by atoms with Gasteiger partial charge in [0.2, 0.25) is 0 Å². The van der Waals surface area contributed by atoms with Crippen LogP contribution in [0, 0.1) is 11.3 Å². The number of ether oxygens (including phenoxy) is 2. The SMILES string of the molecule is C=C(CBr)C(=O)OC1CC2CCC1(CC(OC(C)=O)(C(F)(F)F)C(F)(F)F)C2. The molecular formula is C17H19BrF6O4. The smallest absolute Gasteiger partial charge is 0.437 e. The molecule has 2 fully saturated rings. The van der Waals surface area contributed by atoms with Gasteiger partial charge in [0.15, 0.2) is 0 Å². The van der Waals surface area contributed by atoms with Crippen LogP contribution in [0.1, 0.15) is 39.0 Å². The molecule has 160 valence electrons. The summed E-state index contributed by atoms with van der Waals surface area (Å²) in [6, 6.07) is 0. The molecule has 3 unspecified atom stereocenters. The highest BCUT2D eigenvalue weighted by atomic mass is 79.9. The first kappa shape index (κ1) is 23.0. The Hall–Kier alpha value is -1.26. The first-order valence-electron chi connectivity index (χ1n) is 8.45. The van der Waals surface area contributed by atoms with E-state index < -0.39 is 47.8 Å². The predicted molar refractivity (Wildman–Crippen MR) is 88.4 cm³/mol. The van der Waals surface area contributed by atoms with Gasteiger partial charge in [-0.25, -0.2) is 4.79 Å². The Morgan fingerprint density at radius 3 is 2.18 bits per heavy atom. The minimum Gasteiger partial charge on any atom is -0.458 e. The lowest BCUT2D eigenvalue weighted by atomic mass is 9.72. The lowest BCUT2D eigenvalue weighted by molar-refractivity contribution is -0.378. The zero-order valence-electron chi connectivity index (χ0n) is 14.9. The van der Waals surface area contributed by atoms with Crippen molar-refractivity contribution >= 4 is 27.9 Å². The van der Waals surface area contributed by atoms with Crippen molar-refractivity contribution in [2.45, 2.75) is 63.1 Å². The molecule has 0 aromatic heterocycles. The third-order valence-electron chi connectivity index (χ3n) is 5.51. The maximum absolute atomic E-state index is 13.7. The van der Waals surface area contributed by atoms with Crippen LogP contribution in [-0.2, 0) is 19.1 Å². The first-order chi connectivity index (χ1) is 12.7. The van der Waals surface area contributed by atoms with E-state index in [-0.39, 0.29) is 36.1 Å². The first-order valence-corrected chi connectivity index (χ1v) is 9.57. The second-order valence-electron chi connectivity index (χ2n) is 7.43. The summed E-state index contributed by atoms with van der Waals surface area (Å²) >= 11 is 2.99. The second-order valence-corrected chi connectivity index (χ2v) is 7.99. The van der Waals surface area contributed by atoms with E-state index in [4.69, 9.17) is 4.74 Å². The van der Waals surface area contributed by atoms with Crippen molar-refractivity contribution < 1.29 is 45.4 Å². The van der Waals surface area contributed by atoms with Gasteiger partial charge in [-0.2, -0.15) is 26.3 Å². The van der Waals surface area contributed by atoms with Crippen molar-refractivity contribution in [3.05, 3.63) is 12.2 Å². The number of hydrogen-bond acceptors (Lipinski definition) is 4. The summed E-state index contributed by atoms with van der Waals surface area (Å²) in [5, 5.41) is 0.0530. The lowest BCUT2D eigenvalue weighted by Gasteiger charge is -2.44. The van der Waals surface area contributed by atoms with Gasteiger partial charge in [-0.3, -0.25) is 4.79 Å². The highest BCUT2D eigenvalue weighted by Crippen LogP contribution is 2.63. The molecule has 28 heavy (non-hydrogen) atoms. The molecule has 0 spiro atoms. The Kier molecular flexibility index (Phi) is 6.19. The lowest BCUT2D eigenvalue weighted by Crippen LogP contribution is -2.62. The van der Waals surface area contributed by atoms with E-state index in [2.05, 4.69) is 27.2 Å². The molecule has 2 saturated carbocycles. The minimum absolute atomic E-state index is 0.00387. The summed E-state index contributed by atoms with van der Waals surface area (Å²) in [7, 11) is 0. The highest BCUT2D eigenvalue weighted by Gasteiger charge is 2.77. The van der Waals surface area contributed by atoms with Crippen LogP contribution in [0.25, 0.3) is 0 Å². The summed E-state index contributed by atoms with van der Waals surface area (Å²) in [6.07, 6.45) is -13.9. The van der Waals surface area contributed by atoms with Crippen molar-refractivity contribution in [1.82, 2.24) is 0 Å². The van der Waals surface area contributed by atoms with Crippen molar-refractivity contribution in [2.24, 2.45) is 11.3 Å². The third-order valence-corrected chi connectivity index (χ3v) is 6.19. The predicted octanol–water partition coefficient (Wildman–Crippen LogP) is 4.86. The van der Waals surface area contributed by atoms with E-state index in [1.807, 2.05) is 0 Å². The quantitative estimate of drug-likeness (QED) is 0.236. The van der Waals surface area contributed by atoms with E-state index in [0.29, 0.717) is 13.3 Å². The number of alkyl halides is 7. The van der Waals surface area contributed by atoms with Crippen LogP contribution in [0.5, 0.6) is 0 Å². The van der Waals surface area contributed by atoms with Gasteiger partial charge >= 0.3 is 29.9 Å². The molecule has 2 bridgehead atoms. The molecule has 0 aromatic carbocycles. The molecule has 0 amide bonds. The molecule has 2 aliphatic carbocycles. The van der Waals surface area contributed by atoms with Gasteiger partial charge in [-0.15, -0.1) is 0 Å². The largest absolute Gasteiger partial charge is 0.458 e. The molecule has 0 saturated heterocycles. The number of esters is 2. The number of halogens is 7. The molecule has 4 nitrogen and oxygen atoms in total. The molecule has 2 rings (SSSR count). The molecular weight excluding hydrogens is 462 g/mol. The maximum Gasteiger partial charge on any atom is 0.437 e. The van der Waals surface area contributed by atoms with E-state index in [9.17, 15) is 35.9 Å². The molecule has 2 aliphatic rings. The van der Waals surface area contributed by atoms with E-state index in [1.54, 1.807) is 0 Å².